The van der Waals surface area contributed by atoms with Gasteiger partial charge in [0.25, 0.3) is 10.1 Å². The Labute approximate surface area is 113 Å². The minimum atomic E-state index is -3.97. The van der Waals surface area contributed by atoms with Crippen molar-refractivity contribution in [3.8, 4) is 0 Å². The van der Waals surface area contributed by atoms with Crippen LogP contribution in [-0.2, 0) is 14.3 Å². The van der Waals surface area contributed by atoms with Crippen molar-refractivity contribution in [3.63, 3.8) is 0 Å². The number of benzene rings is 1. The van der Waals surface area contributed by atoms with Gasteiger partial charge in [0, 0.05) is 0 Å². The van der Waals surface area contributed by atoms with Gasteiger partial charge in [-0.05, 0) is 25.5 Å². The minimum Gasteiger partial charge on any atom is -0.394 e. The van der Waals surface area contributed by atoms with E-state index < -0.39 is 28.9 Å². The molecule has 0 saturated heterocycles. The summed E-state index contributed by atoms with van der Waals surface area (Å²) in [6, 6.07) is 6.17. The number of aryl methyl sites for hydroxylation is 1. The first kappa shape index (κ1) is 15.8. The van der Waals surface area contributed by atoms with Crippen molar-refractivity contribution in [3.05, 3.63) is 42.5 Å². The molecule has 1 aromatic carbocycles. The molecular formula is C13H18O5S. The van der Waals surface area contributed by atoms with Crippen molar-refractivity contribution in [2.24, 2.45) is 0 Å². The van der Waals surface area contributed by atoms with Gasteiger partial charge in [-0.3, -0.25) is 4.18 Å². The predicted octanol–water partition coefficient (Wildman–Crippen LogP) is 0.998. The Balaban J connectivity index is 2.93. The van der Waals surface area contributed by atoms with Crippen molar-refractivity contribution < 1.29 is 22.8 Å². The quantitative estimate of drug-likeness (QED) is 0.577. The Morgan fingerprint density at radius 3 is 2.42 bits per heavy atom. The summed E-state index contributed by atoms with van der Waals surface area (Å²) in [5.74, 6) is 0. The summed E-state index contributed by atoms with van der Waals surface area (Å²) in [5.41, 5.74) is 0.928. The second-order valence-electron chi connectivity index (χ2n) is 4.18. The van der Waals surface area contributed by atoms with Gasteiger partial charge in [-0.25, -0.2) is 0 Å². The van der Waals surface area contributed by atoms with E-state index in [0.29, 0.717) is 0 Å². The highest BCUT2D eigenvalue weighted by Gasteiger charge is 2.26. The average Bonchev–Trinajstić information content (AvgIpc) is 2.37. The van der Waals surface area contributed by atoms with Gasteiger partial charge in [0.15, 0.2) is 0 Å². The van der Waals surface area contributed by atoms with Gasteiger partial charge >= 0.3 is 0 Å². The molecule has 5 nitrogen and oxygen atoms in total. The molecule has 0 aliphatic rings. The highest BCUT2D eigenvalue weighted by atomic mass is 32.2. The van der Waals surface area contributed by atoms with E-state index in [1.807, 2.05) is 6.92 Å². The van der Waals surface area contributed by atoms with E-state index in [9.17, 15) is 13.5 Å². The molecule has 2 N–H and O–H groups in total. The lowest BCUT2D eigenvalue weighted by Gasteiger charge is -2.20. The largest absolute Gasteiger partial charge is 0.394 e. The van der Waals surface area contributed by atoms with Crippen LogP contribution in [0.25, 0.3) is 0 Å². The number of aliphatic hydroxyl groups excluding tert-OH is 2. The molecule has 0 radical (unpaired) electrons. The van der Waals surface area contributed by atoms with Crippen LogP contribution in [0.15, 0.2) is 41.8 Å². The molecule has 106 valence electrons. The topological polar surface area (TPSA) is 83.8 Å². The second-order valence-corrected chi connectivity index (χ2v) is 5.75. The van der Waals surface area contributed by atoms with Crippen LogP contribution in [0.4, 0.5) is 0 Å². The molecule has 0 saturated carbocycles. The summed E-state index contributed by atoms with van der Waals surface area (Å²) in [5, 5.41) is 18.4. The molecule has 0 fully saturated rings. The summed E-state index contributed by atoms with van der Waals surface area (Å²) < 4.78 is 28.9. The van der Waals surface area contributed by atoms with Gasteiger partial charge in [-0.15, -0.1) is 6.58 Å². The Morgan fingerprint density at radius 1 is 1.37 bits per heavy atom. The van der Waals surface area contributed by atoms with Gasteiger partial charge in [0.2, 0.25) is 0 Å². The van der Waals surface area contributed by atoms with E-state index in [-0.39, 0.29) is 11.3 Å². The lowest BCUT2D eigenvalue weighted by atomic mass is 10.1. The maximum atomic E-state index is 12.0. The molecule has 1 rings (SSSR count). The third kappa shape index (κ3) is 4.43. The average molecular weight is 286 g/mol. The minimum absolute atomic E-state index is 0.0114. The Bertz CT molecular complexity index is 506. The maximum absolute atomic E-state index is 12.0. The smallest absolute Gasteiger partial charge is 0.297 e. The Morgan fingerprint density at radius 2 is 1.95 bits per heavy atom. The van der Waals surface area contributed by atoms with E-state index in [1.165, 1.54) is 18.2 Å². The third-order valence-electron chi connectivity index (χ3n) is 2.58. The first-order valence-electron chi connectivity index (χ1n) is 5.80. The highest BCUT2D eigenvalue weighted by Crippen LogP contribution is 2.18. The zero-order chi connectivity index (χ0) is 14.5. The summed E-state index contributed by atoms with van der Waals surface area (Å²) in [7, 11) is -3.97. The fourth-order valence-corrected chi connectivity index (χ4v) is 2.58. The van der Waals surface area contributed by atoms with Crippen LogP contribution in [0.5, 0.6) is 0 Å². The van der Waals surface area contributed by atoms with Crippen molar-refractivity contribution in [1.82, 2.24) is 0 Å². The first-order valence-corrected chi connectivity index (χ1v) is 7.21. The molecule has 0 spiro atoms. The highest BCUT2D eigenvalue weighted by molar-refractivity contribution is 7.86. The fraction of sp³-hybridized carbons (Fsp3) is 0.385. The summed E-state index contributed by atoms with van der Waals surface area (Å²) >= 11 is 0. The molecule has 0 unspecified atom stereocenters. The molecule has 6 heteroatoms. The van der Waals surface area contributed by atoms with Gasteiger partial charge in [-0.2, -0.15) is 8.42 Å². The number of rotatable bonds is 7. The Hall–Kier alpha value is -1.21. The van der Waals surface area contributed by atoms with Crippen LogP contribution in [0.3, 0.4) is 0 Å². The van der Waals surface area contributed by atoms with Gasteiger partial charge in [0.1, 0.15) is 12.2 Å². The summed E-state index contributed by atoms with van der Waals surface area (Å²) in [6.45, 7) is 4.72. The molecule has 0 heterocycles. The molecule has 19 heavy (non-hydrogen) atoms. The van der Waals surface area contributed by atoms with Crippen LogP contribution in [0, 0.1) is 6.92 Å². The first-order chi connectivity index (χ1) is 8.90. The van der Waals surface area contributed by atoms with E-state index in [0.717, 1.165) is 5.56 Å². The lowest BCUT2D eigenvalue weighted by molar-refractivity contribution is 0.00390. The summed E-state index contributed by atoms with van der Waals surface area (Å²) in [4.78, 5) is 0.0114. The Kier molecular flexibility index (Phi) is 5.68. The number of hydrogen-bond acceptors (Lipinski definition) is 5. The van der Waals surface area contributed by atoms with Crippen LogP contribution in [0.1, 0.15) is 12.0 Å². The van der Waals surface area contributed by atoms with Gasteiger partial charge in [-0.1, -0.05) is 23.8 Å². The normalized spacial score (nSPS) is 14.9. The molecule has 0 aliphatic carbocycles. The molecule has 0 amide bonds. The number of aliphatic hydroxyl groups is 2. The third-order valence-corrected chi connectivity index (χ3v) is 3.93. The predicted molar refractivity (Wildman–Crippen MR) is 71.1 cm³/mol. The van der Waals surface area contributed by atoms with Gasteiger partial charge in [0.05, 0.1) is 11.5 Å². The molecule has 0 aliphatic heterocycles. The van der Waals surface area contributed by atoms with Crippen LogP contribution >= 0.6 is 0 Å². The van der Waals surface area contributed by atoms with Gasteiger partial charge < -0.3 is 10.2 Å². The van der Waals surface area contributed by atoms with Crippen LogP contribution in [0.2, 0.25) is 0 Å². The second kappa shape index (κ2) is 6.81. The fourth-order valence-electron chi connectivity index (χ4n) is 1.47. The molecule has 2 atom stereocenters. The zero-order valence-electron chi connectivity index (χ0n) is 10.7. The SMILES string of the molecule is C=CC[C@H](OS(=O)(=O)c1ccc(C)cc1)[C@H](O)CO. The molecular weight excluding hydrogens is 268 g/mol. The monoisotopic (exact) mass is 286 g/mol. The van der Waals surface area contributed by atoms with Crippen LogP contribution in [-0.4, -0.2) is 37.4 Å². The zero-order valence-corrected chi connectivity index (χ0v) is 11.5. The van der Waals surface area contributed by atoms with Crippen molar-refractivity contribution in [2.45, 2.75) is 30.4 Å². The van der Waals surface area contributed by atoms with E-state index >= 15 is 0 Å². The standard InChI is InChI=1S/C13H18O5S/c1-3-4-13(12(15)9-14)18-19(16,17)11-7-5-10(2)6-8-11/h3,5-8,12-15H,1,4,9H2,2H3/t12-,13+/m1/s1. The van der Waals surface area contributed by atoms with E-state index in [4.69, 9.17) is 9.29 Å². The van der Waals surface area contributed by atoms with Crippen molar-refractivity contribution >= 4 is 10.1 Å². The molecule has 0 aromatic heterocycles. The van der Waals surface area contributed by atoms with E-state index in [2.05, 4.69) is 6.58 Å². The maximum Gasteiger partial charge on any atom is 0.297 e. The molecule has 1 aromatic rings. The molecule has 0 bridgehead atoms. The number of hydrogen-bond donors (Lipinski definition) is 2. The van der Waals surface area contributed by atoms with E-state index in [1.54, 1.807) is 12.1 Å². The van der Waals surface area contributed by atoms with Crippen molar-refractivity contribution in [2.75, 3.05) is 6.61 Å². The van der Waals surface area contributed by atoms with Crippen LogP contribution < -0.4 is 0 Å². The summed E-state index contributed by atoms with van der Waals surface area (Å²) in [6.07, 6.45) is -0.784. The van der Waals surface area contributed by atoms with Crippen molar-refractivity contribution in [1.29, 1.82) is 0 Å². The lowest BCUT2D eigenvalue weighted by Crippen LogP contribution is -2.33.